The fourth-order valence-corrected chi connectivity index (χ4v) is 3.28. The van der Waals surface area contributed by atoms with Crippen LogP contribution in [-0.2, 0) is 16.1 Å². The van der Waals surface area contributed by atoms with Crippen molar-refractivity contribution in [2.24, 2.45) is 5.41 Å². The Morgan fingerprint density at radius 3 is 2.54 bits per heavy atom. The highest BCUT2D eigenvalue weighted by Gasteiger charge is 2.36. The summed E-state index contributed by atoms with van der Waals surface area (Å²) in [7, 11) is 1.64. The van der Waals surface area contributed by atoms with E-state index in [4.69, 9.17) is 9.52 Å². The summed E-state index contributed by atoms with van der Waals surface area (Å²) in [5.74, 6) is -0.460. The van der Waals surface area contributed by atoms with Crippen molar-refractivity contribution in [2.45, 2.75) is 59.5 Å². The Morgan fingerprint density at radius 1 is 1.35 bits per heavy atom. The summed E-state index contributed by atoms with van der Waals surface area (Å²) >= 11 is 0. The molecule has 144 valence electrons. The Balaban J connectivity index is 2.05. The van der Waals surface area contributed by atoms with Crippen LogP contribution >= 0.6 is 0 Å². The van der Waals surface area contributed by atoms with Crippen molar-refractivity contribution >= 4 is 17.8 Å². The molecule has 1 aliphatic rings. The number of hydrogen-bond donors (Lipinski definition) is 1. The third kappa shape index (κ3) is 4.65. The second kappa shape index (κ2) is 7.51. The normalized spacial score (nSPS) is 17.4. The number of carbonyl (C=O) groups is 3. The molecule has 1 aliphatic heterocycles. The summed E-state index contributed by atoms with van der Waals surface area (Å²) in [6.07, 6.45) is 1.86. The summed E-state index contributed by atoms with van der Waals surface area (Å²) in [5.41, 5.74) is -0.0262. The number of furan rings is 1. The van der Waals surface area contributed by atoms with Crippen LogP contribution in [-0.4, -0.2) is 52.3 Å². The van der Waals surface area contributed by atoms with Gasteiger partial charge in [-0.2, -0.15) is 0 Å². The maximum absolute atomic E-state index is 12.8. The van der Waals surface area contributed by atoms with Gasteiger partial charge in [-0.3, -0.25) is 9.59 Å². The number of aryl methyl sites for hydroxylation is 1. The molecule has 2 heterocycles. The molecule has 26 heavy (non-hydrogen) atoms. The lowest BCUT2D eigenvalue weighted by Gasteiger charge is -2.30. The smallest absolute Gasteiger partial charge is 0.339 e. The van der Waals surface area contributed by atoms with Crippen molar-refractivity contribution in [2.75, 3.05) is 13.6 Å². The molecule has 0 radical (unpaired) electrons. The minimum atomic E-state index is -1.05. The van der Waals surface area contributed by atoms with E-state index in [1.807, 2.05) is 20.8 Å². The Bertz CT molecular complexity index is 701. The van der Waals surface area contributed by atoms with Crippen LogP contribution in [0.4, 0.5) is 0 Å². The van der Waals surface area contributed by atoms with E-state index in [-0.39, 0.29) is 29.3 Å². The quantitative estimate of drug-likeness (QED) is 0.867. The molecule has 1 fully saturated rings. The van der Waals surface area contributed by atoms with Gasteiger partial charge in [0.2, 0.25) is 11.8 Å². The van der Waals surface area contributed by atoms with Crippen LogP contribution in [0.5, 0.6) is 0 Å². The van der Waals surface area contributed by atoms with E-state index in [1.165, 1.54) is 11.0 Å². The standard InChI is InChI=1S/C19H28N2O5/c1-12-14(18(24)25)9-13(26-12)11-20(5)17(23)15-7-6-8-21(15)16(22)10-19(2,3)4/h9,15H,6-8,10-11H2,1-5H3,(H,24,25). The largest absolute Gasteiger partial charge is 0.478 e. The maximum Gasteiger partial charge on any atom is 0.339 e. The zero-order valence-corrected chi connectivity index (χ0v) is 16.2. The van der Waals surface area contributed by atoms with Crippen LogP contribution in [0.15, 0.2) is 10.5 Å². The first-order valence-corrected chi connectivity index (χ1v) is 8.86. The lowest BCUT2D eigenvalue weighted by atomic mass is 9.91. The molecule has 0 bridgehead atoms. The predicted molar refractivity (Wildman–Crippen MR) is 95.7 cm³/mol. The number of carboxylic acid groups (broad SMARTS) is 1. The van der Waals surface area contributed by atoms with Crippen molar-refractivity contribution < 1.29 is 23.9 Å². The summed E-state index contributed by atoms with van der Waals surface area (Å²) in [6, 6.07) is 0.989. The summed E-state index contributed by atoms with van der Waals surface area (Å²) in [5, 5.41) is 9.10. The Kier molecular flexibility index (Phi) is 5.78. The molecule has 1 unspecified atom stereocenters. The third-order valence-electron chi connectivity index (χ3n) is 4.51. The molecule has 1 saturated heterocycles. The molecule has 7 nitrogen and oxygen atoms in total. The fraction of sp³-hybridized carbons (Fsp3) is 0.632. The summed E-state index contributed by atoms with van der Waals surface area (Å²) in [4.78, 5) is 39.7. The third-order valence-corrected chi connectivity index (χ3v) is 4.51. The van der Waals surface area contributed by atoms with Gasteiger partial charge in [0.15, 0.2) is 0 Å². The minimum absolute atomic E-state index is 0.00348. The van der Waals surface area contributed by atoms with E-state index in [2.05, 4.69) is 0 Å². The van der Waals surface area contributed by atoms with Crippen molar-refractivity contribution in [3.63, 3.8) is 0 Å². The number of carboxylic acids is 1. The molecular weight excluding hydrogens is 336 g/mol. The molecule has 0 saturated carbocycles. The minimum Gasteiger partial charge on any atom is -0.478 e. The number of rotatable bonds is 5. The SMILES string of the molecule is Cc1oc(CN(C)C(=O)C2CCCN2C(=O)CC(C)(C)C)cc1C(=O)O. The maximum atomic E-state index is 12.8. The topological polar surface area (TPSA) is 91.1 Å². The average molecular weight is 364 g/mol. The van der Waals surface area contributed by atoms with E-state index in [9.17, 15) is 14.4 Å². The number of likely N-dealkylation sites (N-methyl/N-ethyl adjacent to an activating group) is 1. The Morgan fingerprint density at radius 2 is 2.00 bits per heavy atom. The van der Waals surface area contributed by atoms with E-state index in [0.29, 0.717) is 30.9 Å². The van der Waals surface area contributed by atoms with Crippen molar-refractivity contribution in [1.82, 2.24) is 9.80 Å². The van der Waals surface area contributed by atoms with Gasteiger partial charge in [0.25, 0.3) is 0 Å². The second-order valence-electron chi connectivity index (χ2n) is 8.16. The molecule has 0 spiro atoms. The first-order valence-electron chi connectivity index (χ1n) is 8.86. The average Bonchev–Trinajstić information content (AvgIpc) is 3.11. The number of likely N-dealkylation sites (tertiary alicyclic amines) is 1. The Hall–Kier alpha value is -2.31. The van der Waals surface area contributed by atoms with Gasteiger partial charge in [-0.05, 0) is 31.2 Å². The molecule has 7 heteroatoms. The van der Waals surface area contributed by atoms with Gasteiger partial charge in [-0.1, -0.05) is 20.8 Å². The molecule has 2 rings (SSSR count). The highest BCUT2D eigenvalue weighted by atomic mass is 16.4. The zero-order valence-electron chi connectivity index (χ0n) is 16.2. The number of hydrogen-bond acceptors (Lipinski definition) is 4. The first-order chi connectivity index (χ1) is 12.0. The number of amides is 2. The van der Waals surface area contributed by atoms with Crippen molar-refractivity contribution in [3.8, 4) is 0 Å². The second-order valence-corrected chi connectivity index (χ2v) is 8.16. The molecule has 0 aliphatic carbocycles. The highest BCUT2D eigenvalue weighted by Crippen LogP contribution is 2.26. The van der Waals surface area contributed by atoms with Gasteiger partial charge < -0.3 is 19.3 Å². The number of carbonyl (C=O) groups excluding carboxylic acids is 2. The van der Waals surface area contributed by atoms with Crippen LogP contribution < -0.4 is 0 Å². The van der Waals surface area contributed by atoms with Gasteiger partial charge in [0.1, 0.15) is 23.1 Å². The van der Waals surface area contributed by atoms with Gasteiger partial charge in [-0.25, -0.2) is 4.79 Å². The van der Waals surface area contributed by atoms with Gasteiger partial charge in [0.05, 0.1) is 6.54 Å². The van der Waals surface area contributed by atoms with E-state index < -0.39 is 12.0 Å². The Labute approximate surface area is 153 Å². The zero-order chi connectivity index (χ0) is 19.6. The monoisotopic (exact) mass is 364 g/mol. The highest BCUT2D eigenvalue weighted by molar-refractivity contribution is 5.89. The molecule has 1 atom stereocenters. The fourth-order valence-electron chi connectivity index (χ4n) is 3.28. The van der Waals surface area contributed by atoms with Crippen LogP contribution in [0, 0.1) is 12.3 Å². The van der Waals surface area contributed by atoms with Gasteiger partial charge >= 0.3 is 5.97 Å². The predicted octanol–water partition coefficient (Wildman–Crippen LogP) is 2.67. The van der Waals surface area contributed by atoms with Crippen molar-refractivity contribution in [1.29, 1.82) is 0 Å². The summed E-state index contributed by atoms with van der Waals surface area (Å²) < 4.78 is 5.44. The van der Waals surface area contributed by atoms with Crippen LogP contribution in [0.25, 0.3) is 0 Å². The lowest BCUT2D eigenvalue weighted by Crippen LogP contribution is -2.47. The van der Waals surface area contributed by atoms with Crippen LogP contribution in [0.1, 0.15) is 61.9 Å². The van der Waals surface area contributed by atoms with Crippen LogP contribution in [0.3, 0.4) is 0 Å². The molecular formula is C19H28N2O5. The first kappa shape index (κ1) is 20.0. The summed E-state index contributed by atoms with van der Waals surface area (Å²) in [6.45, 7) is 8.36. The van der Waals surface area contributed by atoms with Crippen molar-refractivity contribution in [3.05, 3.63) is 23.2 Å². The van der Waals surface area contributed by atoms with E-state index >= 15 is 0 Å². The van der Waals surface area contributed by atoms with Gasteiger partial charge in [-0.15, -0.1) is 0 Å². The molecule has 1 aromatic rings. The molecule has 1 aromatic heterocycles. The molecule has 0 aromatic carbocycles. The lowest BCUT2D eigenvalue weighted by molar-refractivity contribution is -0.144. The number of nitrogens with zero attached hydrogens (tertiary/aromatic N) is 2. The van der Waals surface area contributed by atoms with E-state index in [0.717, 1.165) is 6.42 Å². The molecule has 1 N–H and O–H groups in total. The number of aromatic carboxylic acids is 1. The van der Waals surface area contributed by atoms with E-state index in [1.54, 1.807) is 18.9 Å². The van der Waals surface area contributed by atoms with Crippen LogP contribution in [0.2, 0.25) is 0 Å². The molecule has 2 amide bonds. The van der Waals surface area contributed by atoms with Gasteiger partial charge in [0, 0.05) is 20.0 Å².